The van der Waals surface area contributed by atoms with Crippen LogP contribution >= 0.6 is 0 Å². The Morgan fingerprint density at radius 2 is 1.37 bits per heavy atom. The molecule has 0 spiro atoms. The summed E-state index contributed by atoms with van der Waals surface area (Å²) < 4.78 is 0. The van der Waals surface area contributed by atoms with Crippen LogP contribution in [-0.4, -0.2) is 39.6 Å². The van der Waals surface area contributed by atoms with Crippen LogP contribution in [0.4, 0.5) is 28.7 Å². The highest BCUT2D eigenvalue weighted by molar-refractivity contribution is 6.20. The predicted octanol–water partition coefficient (Wildman–Crippen LogP) is 9.85. The van der Waals surface area contributed by atoms with E-state index in [4.69, 9.17) is 9.98 Å². The van der Waals surface area contributed by atoms with Crippen molar-refractivity contribution in [3.05, 3.63) is 144 Å². The molecule has 8 nitrogen and oxygen atoms in total. The molecule has 0 unspecified atom stereocenters. The number of guanidine groups is 1. The van der Waals surface area contributed by atoms with E-state index >= 15 is 0 Å². The normalized spacial score (nSPS) is 18.5. The van der Waals surface area contributed by atoms with Crippen LogP contribution in [0.15, 0.2) is 137 Å². The molecule has 5 aliphatic rings. The zero-order valence-corrected chi connectivity index (χ0v) is 28.8. The maximum absolute atomic E-state index is 5.28. The van der Waals surface area contributed by atoms with Gasteiger partial charge in [0, 0.05) is 48.0 Å². The monoisotopic (exact) mass is 670 g/mol. The molecule has 2 fully saturated rings. The van der Waals surface area contributed by atoms with Crippen molar-refractivity contribution in [1.29, 1.82) is 0 Å². The number of aliphatic imine (C=N–C) groups is 2. The number of nitrogens with zero attached hydrogens (tertiary/aromatic N) is 6. The molecule has 1 saturated carbocycles. The summed E-state index contributed by atoms with van der Waals surface area (Å²) in [6.45, 7) is 2.15. The fourth-order valence-electron chi connectivity index (χ4n) is 7.90. The van der Waals surface area contributed by atoms with E-state index in [2.05, 4.69) is 97.2 Å². The van der Waals surface area contributed by atoms with Gasteiger partial charge in [-0.2, -0.15) is 0 Å². The van der Waals surface area contributed by atoms with Gasteiger partial charge in [0.05, 0.1) is 28.5 Å². The summed E-state index contributed by atoms with van der Waals surface area (Å²) in [5, 5.41) is 7.26. The summed E-state index contributed by atoms with van der Waals surface area (Å²) in [7, 11) is 0. The molecule has 9 rings (SSSR count). The molecule has 4 aliphatic heterocycles. The molecule has 8 heteroatoms. The fraction of sp³-hybridized carbons (Fsp3) is 0.256. The molecule has 6 heterocycles. The highest BCUT2D eigenvalue weighted by Crippen LogP contribution is 2.40. The Morgan fingerprint density at radius 1 is 0.647 bits per heavy atom. The molecule has 51 heavy (non-hydrogen) atoms. The first-order chi connectivity index (χ1) is 25.2. The number of hydrogen-bond donors (Lipinski definition) is 2. The first kappa shape index (κ1) is 31.2. The standard InChI is InChI=1S/C43H42N8/c1-3-12-30(13-4-1)31-18-20-35(37(26-31)46-41-16-5-7-22-44-41)39-28-33-14-11-15-34-29-40(49-43(48-39)51(33)34)36-21-19-32(50-24-9-2-10-25-50)27-38(36)47-42-17-6-8-23-45-42/h5-8,11,14-23,26-30H,1-4,9-10,12-13,24-25H2,(H,44,46)(H,45,47). The van der Waals surface area contributed by atoms with Gasteiger partial charge in [0.25, 0.3) is 0 Å². The Kier molecular flexibility index (Phi) is 8.49. The smallest absolute Gasteiger partial charge is 0.235 e. The van der Waals surface area contributed by atoms with E-state index in [0.717, 1.165) is 70.0 Å². The van der Waals surface area contributed by atoms with Crippen LogP contribution in [0.5, 0.6) is 0 Å². The molecule has 1 saturated heterocycles. The molecular weight excluding hydrogens is 629 g/mol. The highest BCUT2D eigenvalue weighted by atomic mass is 15.3. The summed E-state index contributed by atoms with van der Waals surface area (Å²) in [5.74, 6) is 2.85. The first-order valence-corrected chi connectivity index (χ1v) is 18.4. The van der Waals surface area contributed by atoms with E-state index in [1.165, 1.54) is 62.6 Å². The van der Waals surface area contributed by atoms with Crippen LogP contribution in [0.3, 0.4) is 0 Å². The first-order valence-electron chi connectivity index (χ1n) is 18.4. The summed E-state index contributed by atoms with van der Waals surface area (Å²) in [6.07, 6.45) is 24.5. The number of allylic oxidation sites excluding steroid dienone is 5. The lowest BCUT2D eigenvalue weighted by Crippen LogP contribution is -2.34. The van der Waals surface area contributed by atoms with Crippen LogP contribution in [0.1, 0.15) is 74.0 Å². The minimum Gasteiger partial charge on any atom is -0.371 e. The molecule has 0 atom stereocenters. The molecule has 2 aromatic heterocycles. The summed E-state index contributed by atoms with van der Waals surface area (Å²) >= 11 is 0. The SMILES string of the molecule is C1=CC2=CC(c3ccc(C4CCCCC4)cc3Nc3ccccn3)=NC3=NC(c4ccc(N5CCCCC5)cc4Nc4ccccn4)=CC(=C1)N23. The van der Waals surface area contributed by atoms with Crippen LogP contribution in [-0.2, 0) is 0 Å². The lowest BCUT2D eigenvalue weighted by molar-refractivity contribution is 0.444. The van der Waals surface area contributed by atoms with Gasteiger partial charge in [-0.15, -0.1) is 0 Å². The number of aromatic nitrogens is 2. The van der Waals surface area contributed by atoms with Gasteiger partial charge in [0.2, 0.25) is 5.96 Å². The molecule has 0 radical (unpaired) electrons. The Labute approximate surface area is 299 Å². The Balaban J connectivity index is 1.12. The Morgan fingerprint density at radius 3 is 2.12 bits per heavy atom. The van der Waals surface area contributed by atoms with Crippen molar-refractivity contribution in [2.24, 2.45) is 9.98 Å². The van der Waals surface area contributed by atoms with Gasteiger partial charge >= 0.3 is 0 Å². The van der Waals surface area contributed by atoms with Crippen LogP contribution < -0.4 is 15.5 Å². The number of anilines is 5. The Bertz CT molecular complexity index is 2010. The molecule has 4 aromatic rings. The van der Waals surface area contributed by atoms with Gasteiger partial charge in [0.1, 0.15) is 11.6 Å². The van der Waals surface area contributed by atoms with Gasteiger partial charge in [-0.25, -0.2) is 20.0 Å². The second-order valence-electron chi connectivity index (χ2n) is 13.9. The largest absolute Gasteiger partial charge is 0.371 e. The van der Waals surface area contributed by atoms with E-state index in [9.17, 15) is 0 Å². The van der Waals surface area contributed by atoms with E-state index in [1.54, 1.807) is 0 Å². The van der Waals surface area contributed by atoms with E-state index in [0.29, 0.717) is 11.9 Å². The minimum atomic E-state index is 0.582. The van der Waals surface area contributed by atoms with Crippen molar-refractivity contribution in [3.63, 3.8) is 0 Å². The van der Waals surface area contributed by atoms with Gasteiger partial charge in [0.15, 0.2) is 0 Å². The lowest BCUT2D eigenvalue weighted by atomic mass is 9.83. The quantitative estimate of drug-likeness (QED) is 0.194. The molecule has 0 bridgehead atoms. The van der Waals surface area contributed by atoms with Crippen molar-refractivity contribution >= 4 is 46.1 Å². The molecular formula is C43H42N8. The van der Waals surface area contributed by atoms with Crippen molar-refractivity contribution in [1.82, 2.24) is 14.9 Å². The van der Waals surface area contributed by atoms with Crippen LogP contribution in [0.25, 0.3) is 5.70 Å². The molecule has 2 N–H and O–H groups in total. The van der Waals surface area contributed by atoms with Crippen LogP contribution in [0.2, 0.25) is 0 Å². The van der Waals surface area contributed by atoms with E-state index in [-0.39, 0.29) is 0 Å². The molecule has 0 amide bonds. The number of nitrogens with one attached hydrogen (secondary N) is 2. The third kappa shape index (κ3) is 6.50. The average Bonchev–Trinajstić information content (AvgIpc) is 3.19. The number of benzene rings is 2. The van der Waals surface area contributed by atoms with Crippen molar-refractivity contribution < 1.29 is 0 Å². The third-order valence-corrected chi connectivity index (χ3v) is 10.5. The van der Waals surface area contributed by atoms with Gasteiger partial charge in [-0.3, -0.25) is 4.90 Å². The number of piperidine rings is 1. The summed E-state index contributed by atoms with van der Waals surface area (Å²) in [6, 6.07) is 25.5. The summed E-state index contributed by atoms with van der Waals surface area (Å²) in [4.78, 5) is 24.4. The maximum atomic E-state index is 5.28. The lowest BCUT2D eigenvalue weighted by Gasteiger charge is -2.34. The molecule has 2 aromatic carbocycles. The van der Waals surface area contributed by atoms with E-state index < -0.39 is 0 Å². The number of rotatable bonds is 8. The van der Waals surface area contributed by atoms with Gasteiger partial charge < -0.3 is 15.5 Å². The summed E-state index contributed by atoms with van der Waals surface area (Å²) in [5.41, 5.74) is 10.4. The number of pyridine rings is 2. The topological polar surface area (TPSA) is 81.0 Å². The van der Waals surface area contributed by atoms with E-state index in [1.807, 2.05) is 48.8 Å². The van der Waals surface area contributed by atoms with Crippen LogP contribution in [0, 0.1) is 0 Å². The molecule has 1 aliphatic carbocycles. The van der Waals surface area contributed by atoms with Crippen molar-refractivity contribution in [2.75, 3.05) is 28.6 Å². The number of hydrogen-bond acceptors (Lipinski definition) is 8. The van der Waals surface area contributed by atoms with Gasteiger partial charge in [-0.05, 0) is 116 Å². The van der Waals surface area contributed by atoms with Crippen molar-refractivity contribution in [3.8, 4) is 0 Å². The zero-order valence-electron chi connectivity index (χ0n) is 28.8. The highest BCUT2D eigenvalue weighted by Gasteiger charge is 2.30. The molecule has 254 valence electrons. The second kappa shape index (κ2) is 13.9. The maximum Gasteiger partial charge on any atom is 0.235 e. The third-order valence-electron chi connectivity index (χ3n) is 10.5. The fourth-order valence-corrected chi connectivity index (χ4v) is 7.90. The van der Waals surface area contributed by atoms with Gasteiger partial charge in [-0.1, -0.05) is 49.6 Å². The Hall–Kier alpha value is -5.76. The zero-order chi connectivity index (χ0) is 34.0. The second-order valence-corrected chi connectivity index (χ2v) is 13.9. The predicted molar refractivity (Wildman–Crippen MR) is 209 cm³/mol. The average molecular weight is 671 g/mol. The minimum absolute atomic E-state index is 0.582. The van der Waals surface area contributed by atoms with Crippen molar-refractivity contribution in [2.45, 2.75) is 57.3 Å².